The zero-order chi connectivity index (χ0) is 13.2. The van der Waals surface area contributed by atoms with Crippen LogP contribution in [0.3, 0.4) is 0 Å². The second-order valence-corrected chi connectivity index (χ2v) is 4.71. The van der Waals surface area contributed by atoms with Crippen LogP contribution in [0.1, 0.15) is 6.42 Å². The second-order valence-electron chi connectivity index (χ2n) is 4.71. The highest BCUT2D eigenvalue weighted by molar-refractivity contribution is 6.07. The first kappa shape index (κ1) is 11.8. The molecule has 1 aromatic heterocycles. The third kappa shape index (κ3) is 1.96. The molecule has 19 heavy (non-hydrogen) atoms. The van der Waals surface area contributed by atoms with Crippen LogP contribution in [-0.2, 0) is 6.54 Å². The molecule has 2 aromatic carbocycles. The van der Waals surface area contributed by atoms with Crippen LogP contribution >= 0.6 is 0 Å². The highest BCUT2D eigenvalue weighted by Gasteiger charge is 2.10. The van der Waals surface area contributed by atoms with Gasteiger partial charge in [0.2, 0.25) is 0 Å². The predicted molar refractivity (Wildman–Crippen MR) is 77.6 cm³/mol. The maximum atomic E-state index is 8.81. The molecule has 0 radical (unpaired) electrons. The van der Waals surface area contributed by atoms with Crippen LogP contribution in [0.2, 0.25) is 0 Å². The molecule has 3 rings (SSSR count). The van der Waals surface area contributed by atoms with Gasteiger partial charge in [0.25, 0.3) is 0 Å². The highest BCUT2D eigenvalue weighted by atomic mass is 15.0. The Kier molecular flexibility index (Phi) is 2.94. The van der Waals surface area contributed by atoms with Gasteiger partial charge in [-0.1, -0.05) is 36.4 Å². The normalized spacial score (nSPS) is 12.6. The molecule has 3 aromatic rings. The molecule has 0 saturated heterocycles. The summed E-state index contributed by atoms with van der Waals surface area (Å²) in [6, 6.07) is 18.4. The number of nitriles is 1. The fraction of sp³-hybridized carbons (Fsp3) is 0.188. The molecule has 3 nitrogen and oxygen atoms in total. The molecular weight excluding hydrogens is 234 g/mol. The van der Waals surface area contributed by atoms with Crippen molar-refractivity contribution in [2.75, 3.05) is 0 Å². The number of nitrogens with zero attached hydrogens (tertiary/aromatic N) is 2. The average Bonchev–Trinajstić information content (AvgIpc) is 2.79. The zero-order valence-corrected chi connectivity index (χ0v) is 10.6. The Hall–Kier alpha value is -2.31. The van der Waals surface area contributed by atoms with Gasteiger partial charge in [0.1, 0.15) is 0 Å². The van der Waals surface area contributed by atoms with Crippen molar-refractivity contribution in [3.63, 3.8) is 0 Å². The molecule has 0 aliphatic carbocycles. The maximum absolute atomic E-state index is 8.81. The van der Waals surface area contributed by atoms with E-state index in [9.17, 15) is 0 Å². The van der Waals surface area contributed by atoms with Crippen LogP contribution in [0.5, 0.6) is 0 Å². The molecule has 2 N–H and O–H groups in total. The molecule has 1 heterocycles. The van der Waals surface area contributed by atoms with Crippen molar-refractivity contribution in [3.05, 3.63) is 48.5 Å². The van der Waals surface area contributed by atoms with E-state index in [1.165, 1.54) is 21.8 Å². The lowest BCUT2D eigenvalue weighted by molar-refractivity contribution is 0.632. The van der Waals surface area contributed by atoms with Gasteiger partial charge in [-0.2, -0.15) is 5.26 Å². The number of rotatable bonds is 3. The first-order valence-corrected chi connectivity index (χ1v) is 6.42. The fourth-order valence-electron chi connectivity index (χ4n) is 2.58. The smallest absolute Gasteiger partial charge is 0.0945 e. The summed E-state index contributed by atoms with van der Waals surface area (Å²) in [5.74, 6) is 0. The van der Waals surface area contributed by atoms with Gasteiger partial charge in [-0.15, -0.1) is 0 Å². The van der Waals surface area contributed by atoms with Crippen molar-refractivity contribution >= 4 is 21.8 Å². The minimum Gasteiger partial charge on any atom is -0.340 e. The molecular formula is C16H15N3. The third-order valence-electron chi connectivity index (χ3n) is 3.51. The number of aryl methyl sites for hydroxylation is 1. The minimum atomic E-state index is -0.403. The van der Waals surface area contributed by atoms with Crippen LogP contribution in [0.25, 0.3) is 21.8 Å². The number of fused-ring (bicyclic) bond motifs is 3. The van der Waals surface area contributed by atoms with E-state index in [0.29, 0.717) is 6.42 Å². The summed E-state index contributed by atoms with van der Waals surface area (Å²) in [7, 11) is 0. The average molecular weight is 249 g/mol. The van der Waals surface area contributed by atoms with E-state index in [1.807, 2.05) is 12.1 Å². The van der Waals surface area contributed by atoms with Crippen LogP contribution in [0.15, 0.2) is 48.5 Å². The van der Waals surface area contributed by atoms with Crippen LogP contribution in [-0.4, -0.2) is 10.6 Å². The third-order valence-corrected chi connectivity index (χ3v) is 3.51. The molecule has 0 saturated carbocycles. The Bertz CT molecular complexity index is 711. The van der Waals surface area contributed by atoms with Gasteiger partial charge in [0.15, 0.2) is 0 Å². The van der Waals surface area contributed by atoms with Crippen molar-refractivity contribution in [2.24, 2.45) is 5.73 Å². The van der Waals surface area contributed by atoms with E-state index in [0.717, 1.165) is 6.54 Å². The summed E-state index contributed by atoms with van der Waals surface area (Å²) in [4.78, 5) is 0. The Labute approximate surface area is 111 Å². The van der Waals surface area contributed by atoms with Crippen LogP contribution < -0.4 is 5.73 Å². The Morgan fingerprint density at radius 3 is 2.05 bits per heavy atom. The molecule has 3 heteroatoms. The highest BCUT2D eigenvalue weighted by Crippen LogP contribution is 2.28. The molecule has 0 amide bonds. The Balaban J connectivity index is 2.17. The fourth-order valence-corrected chi connectivity index (χ4v) is 2.58. The van der Waals surface area contributed by atoms with Gasteiger partial charge in [-0.3, -0.25) is 0 Å². The lowest BCUT2D eigenvalue weighted by Crippen LogP contribution is -2.19. The molecule has 1 unspecified atom stereocenters. The Morgan fingerprint density at radius 2 is 1.53 bits per heavy atom. The lowest BCUT2D eigenvalue weighted by Gasteiger charge is -2.08. The molecule has 0 aliphatic rings. The van der Waals surface area contributed by atoms with E-state index < -0.39 is 6.04 Å². The standard InChI is InChI=1S/C16H15N3/c17-11-12(18)9-10-19-15-7-3-1-5-13(15)14-6-2-4-8-16(14)19/h1-8,12H,9-10,18H2. The number of hydrogen-bond donors (Lipinski definition) is 1. The van der Waals surface area contributed by atoms with Gasteiger partial charge in [-0.25, -0.2) is 0 Å². The maximum Gasteiger partial charge on any atom is 0.0945 e. The van der Waals surface area contributed by atoms with Crippen molar-refractivity contribution in [2.45, 2.75) is 19.0 Å². The quantitative estimate of drug-likeness (QED) is 0.775. The number of hydrogen-bond acceptors (Lipinski definition) is 2. The first-order valence-electron chi connectivity index (χ1n) is 6.42. The van der Waals surface area contributed by atoms with Gasteiger partial charge in [-0.05, 0) is 18.6 Å². The van der Waals surface area contributed by atoms with Crippen molar-refractivity contribution in [3.8, 4) is 6.07 Å². The summed E-state index contributed by atoms with van der Waals surface area (Å²) in [5, 5.41) is 11.3. The van der Waals surface area contributed by atoms with Crippen LogP contribution in [0, 0.1) is 11.3 Å². The van der Waals surface area contributed by atoms with Gasteiger partial charge in [0.05, 0.1) is 12.1 Å². The predicted octanol–water partition coefficient (Wildman–Crippen LogP) is 3.04. The number of nitrogens with two attached hydrogens (primary N) is 1. The van der Waals surface area contributed by atoms with Gasteiger partial charge < -0.3 is 10.3 Å². The number of para-hydroxylation sites is 2. The number of benzene rings is 2. The molecule has 94 valence electrons. The zero-order valence-electron chi connectivity index (χ0n) is 10.6. The van der Waals surface area contributed by atoms with Crippen LogP contribution in [0.4, 0.5) is 0 Å². The van der Waals surface area contributed by atoms with Crippen molar-refractivity contribution < 1.29 is 0 Å². The molecule has 0 bridgehead atoms. The largest absolute Gasteiger partial charge is 0.340 e. The summed E-state index contributed by atoms with van der Waals surface area (Å²) in [6.45, 7) is 0.767. The second kappa shape index (κ2) is 4.75. The van der Waals surface area contributed by atoms with E-state index in [-0.39, 0.29) is 0 Å². The summed E-state index contributed by atoms with van der Waals surface area (Å²) >= 11 is 0. The molecule has 1 atom stereocenters. The van der Waals surface area contributed by atoms with Gasteiger partial charge >= 0.3 is 0 Å². The minimum absolute atomic E-state index is 0.403. The topological polar surface area (TPSA) is 54.7 Å². The van der Waals surface area contributed by atoms with E-state index in [2.05, 4.69) is 47.0 Å². The molecule has 0 fully saturated rings. The Morgan fingerprint density at radius 1 is 1.00 bits per heavy atom. The SMILES string of the molecule is N#CC(N)CCn1c2ccccc2c2ccccc21. The van der Waals surface area contributed by atoms with Crippen molar-refractivity contribution in [1.82, 2.24) is 4.57 Å². The van der Waals surface area contributed by atoms with E-state index >= 15 is 0 Å². The monoisotopic (exact) mass is 249 g/mol. The van der Waals surface area contributed by atoms with E-state index in [1.54, 1.807) is 0 Å². The lowest BCUT2D eigenvalue weighted by atomic mass is 10.2. The summed E-state index contributed by atoms with van der Waals surface area (Å²) < 4.78 is 2.25. The van der Waals surface area contributed by atoms with E-state index in [4.69, 9.17) is 11.0 Å². The molecule has 0 aliphatic heterocycles. The number of aromatic nitrogens is 1. The van der Waals surface area contributed by atoms with Crippen molar-refractivity contribution in [1.29, 1.82) is 5.26 Å². The summed E-state index contributed by atoms with van der Waals surface area (Å²) in [5.41, 5.74) is 8.11. The summed E-state index contributed by atoms with van der Waals surface area (Å²) in [6.07, 6.45) is 0.666. The van der Waals surface area contributed by atoms with Gasteiger partial charge in [0, 0.05) is 28.4 Å². The molecule has 0 spiro atoms. The first-order chi connectivity index (χ1) is 9.31.